The van der Waals surface area contributed by atoms with E-state index in [1.807, 2.05) is 12.1 Å². The van der Waals surface area contributed by atoms with Crippen molar-refractivity contribution in [3.8, 4) is 11.1 Å². The van der Waals surface area contributed by atoms with Gasteiger partial charge in [0.15, 0.2) is 0 Å². The Kier molecular flexibility index (Phi) is 5.92. The molecule has 166 valence electrons. The molecule has 4 aromatic rings. The molecule has 0 aliphatic rings. The highest BCUT2D eigenvalue weighted by Gasteiger charge is 2.15. The lowest BCUT2D eigenvalue weighted by atomic mass is 10.0. The van der Waals surface area contributed by atoms with Gasteiger partial charge >= 0.3 is 0 Å². The van der Waals surface area contributed by atoms with Crippen molar-refractivity contribution in [1.82, 2.24) is 14.1 Å². The second kappa shape index (κ2) is 8.66. The van der Waals surface area contributed by atoms with Crippen molar-refractivity contribution >= 4 is 27.7 Å². The first-order chi connectivity index (χ1) is 15.3. The van der Waals surface area contributed by atoms with Gasteiger partial charge in [-0.3, -0.25) is 4.79 Å². The number of aryl methyl sites for hydroxylation is 2. The van der Waals surface area contributed by atoms with Gasteiger partial charge in [0, 0.05) is 36.2 Å². The molecule has 0 saturated carbocycles. The summed E-state index contributed by atoms with van der Waals surface area (Å²) < 4.78 is 46.0. The zero-order valence-electron chi connectivity index (χ0n) is 17.9. The van der Waals surface area contributed by atoms with Crippen LogP contribution in [0.25, 0.3) is 22.2 Å². The molecule has 9 heteroatoms. The lowest BCUT2D eigenvalue weighted by Crippen LogP contribution is -2.18. The SMILES string of the molecule is CCS(=O)Nc1cc(-c2cc(C)c(=O)n(C)c2)cc2c1ncn2Cc1ccc(F)cc1F. The summed E-state index contributed by atoms with van der Waals surface area (Å²) >= 11 is 0. The van der Waals surface area contributed by atoms with E-state index in [2.05, 4.69) is 9.71 Å². The van der Waals surface area contributed by atoms with Crippen molar-refractivity contribution in [2.45, 2.75) is 20.4 Å². The molecule has 0 spiro atoms. The average Bonchev–Trinajstić information content (AvgIpc) is 3.16. The minimum absolute atomic E-state index is 0.0860. The van der Waals surface area contributed by atoms with E-state index in [1.54, 1.807) is 44.1 Å². The van der Waals surface area contributed by atoms with Gasteiger partial charge in [-0.25, -0.2) is 18.0 Å². The van der Waals surface area contributed by atoms with Crippen LogP contribution in [0.4, 0.5) is 14.5 Å². The summed E-state index contributed by atoms with van der Waals surface area (Å²) in [6.45, 7) is 3.70. The van der Waals surface area contributed by atoms with Crippen LogP contribution in [-0.2, 0) is 24.6 Å². The maximum atomic E-state index is 14.3. The van der Waals surface area contributed by atoms with Crippen LogP contribution >= 0.6 is 0 Å². The van der Waals surface area contributed by atoms with E-state index in [0.717, 1.165) is 17.2 Å². The third-order valence-electron chi connectivity index (χ3n) is 5.26. The number of aromatic nitrogens is 3. The van der Waals surface area contributed by atoms with Crippen molar-refractivity contribution < 1.29 is 13.0 Å². The largest absolute Gasteiger partial charge is 0.326 e. The molecule has 2 aromatic heterocycles. The Morgan fingerprint density at radius 2 is 1.91 bits per heavy atom. The molecule has 0 saturated heterocycles. The van der Waals surface area contributed by atoms with E-state index in [9.17, 15) is 17.8 Å². The number of benzene rings is 2. The summed E-state index contributed by atoms with van der Waals surface area (Å²) in [7, 11) is 0.383. The van der Waals surface area contributed by atoms with E-state index in [4.69, 9.17) is 0 Å². The normalized spacial score (nSPS) is 12.3. The van der Waals surface area contributed by atoms with Crippen molar-refractivity contribution in [1.29, 1.82) is 0 Å². The highest BCUT2D eigenvalue weighted by atomic mass is 32.2. The first-order valence-corrected chi connectivity index (χ1v) is 11.3. The predicted molar refractivity (Wildman–Crippen MR) is 123 cm³/mol. The second-order valence-corrected chi connectivity index (χ2v) is 9.04. The number of rotatable bonds is 6. The standard InChI is InChI=1S/C23H22F2N4O2S/c1-4-32(31)27-20-8-16(17-7-14(2)23(30)28(3)11-17)9-21-22(20)26-13-29(21)12-15-5-6-18(24)10-19(15)25/h5-11,13,27H,4,12H2,1-3H3. The molecule has 0 radical (unpaired) electrons. The van der Waals surface area contributed by atoms with Crippen LogP contribution in [-0.4, -0.2) is 24.1 Å². The molecule has 0 amide bonds. The van der Waals surface area contributed by atoms with Crippen LogP contribution in [0.15, 0.2) is 53.7 Å². The lowest BCUT2D eigenvalue weighted by Gasteiger charge is -2.12. The van der Waals surface area contributed by atoms with Crippen LogP contribution in [0, 0.1) is 18.6 Å². The Hall–Kier alpha value is -3.33. The van der Waals surface area contributed by atoms with E-state index in [-0.39, 0.29) is 12.1 Å². The van der Waals surface area contributed by atoms with Gasteiger partial charge in [0.1, 0.15) is 28.1 Å². The Bertz CT molecular complexity index is 1390. The monoisotopic (exact) mass is 456 g/mol. The summed E-state index contributed by atoms with van der Waals surface area (Å²) in [5, 5.41) is 0. The van der Waals surface area contributed by atoms with E-state index < -0.39 is 22.6 Å². The summed E-state index contributed by atoms with van der Waals surface area (Å²) in [5.74, 6) is -0.864. The van der Waals surface area contributed by atoms with Gasteiger partial charge in [-0.1, -0.05) is 13.0 Å². The molecule has 6 nitrogen and oxygen atoms in total. The number of hydrogen-bond acceptors (Lipinski definition) is 3. The molecular weight excluding hydrogens is 434 g/mol. The predicted octanol–water partition coefficient (Wildman–Crippen LogP) is 4.13. The first kappa shape index (κ1) is 21.9. The number of pyridine rings is 1. The quantitative estimate of drug-likeness (QED) is 0.474. The number of fused-ring (bicyclic) bond motifs is 1. The van der Waals surface area contributed by atoms with Crippen LogP contribution in [0.1, 0.15) is 18.1 Å². The molecule has 2 heterocycles. The lowest BCUT2D eigenvalue weighted by molar-refractivity contribution is 0.567. The van der Waals surface area contributed by atoms with Gasteiger partial charge in [0.2, 0.25) is 0 Å². The molecule has 2 aromatic carbocycles. The Labute approximate surface area is 186 Å². The number of nitrogens with zero attached hydrogens (tertiary/aromatic N) is 3. The van der Waals surface area contributed by atoms with Gasteiger partial charge in [-0.2, -0.15) is 0 Å². The molecule has 4 rings (SSSR count). The molecule has 0 aliphatic carbocycles. The zero-order valence-corrected chi connectivity index (χ0v) is 18.7. The van der Waals surface area contributed by atoms with Gasteiger partial charge in [-0.05, 0) is 42.3 Å². The van der Waals surface area contributed by atoms with E-state index in [1.165, 1.54) is 16.7 Å². The molecule has 0 fully saturated rings. The van der Waals surface area contributed by atoms with E-state index in [0.29, 0.717) is 33.6 Å². The molecule has 1 N–H and O–H groups in total. The minimum atomic E-state index is -1.30. The molecule has 32 heavy (non-hydrogen) atoms. The number of nitrogens with one attached hydrogen (secondary N) is 1. The Balaban J connectivity index is 1.89. The Morgan fingerprint density at radius 1 is 1.12 bits per heavy atom. The molecule has 0 aliphatic heterocycles. The number of hydrogen-bond donors (Lipinski definition) is 1. The highest BCUT2D eigenvalue weighted by molar-refractivity contribution is 7.86. The smallest absolute Gasteiger partial charge is 0.253 e. The minimum Gasteiger partial charge on any atom is -0.326 e. The van der Waals surface area contributed by atoms with Crippen LogP contribution in [0.2, 0.25) is 0 Å². The van der Waals surface area contributed by atoms with Crippen molar-refractivity contribution in [2.75, 3.05) is 10.5 Å². The second-order valence-electron chi connectivity index (χ2n) is 7.56. The van der Waals surface area contributed by atoms with Gasteiger partial charge in [0.05, 0.1) is 24.1 Å². The maximum Gasteiger partial charge on any atom is 0.253 e. The average molecular weight is 457 g/mol. The van der Waals surface area contributed by atoms with Crippen molar-refractivity contribution in [2.24, 2.45) is 7.05 Å². The molecular formula is C23H22F2N4O2S. The van der Waals surface area contributed by atoms with Gasteiger partial charge in [0.25, 0.3) is 5.56 Å². The summed E-state index contributed by atoms with van der Waals surface area (Å²) in [5.41, 5.74) is 4.26. The zero-order chi connectivity index (χ0) is 23.0. The van der Waals surface area contributed by atoms with Crippen molar-refractivity contribution in [3.63, 3.8) is 0 Å². The fraction of sp³-hybridized carbons (Fsp3) is 0.217. The first-order valence-electron chi connectivity index (χ1n) is 10.0. The summed E-state index contributed by atoms with van der Waals surface area (Å²) in [4.78, 5) is 16.6. The van der Waals surface area contributed by atoms with Crippen LogP contribution < -0.4 is 10.3 Å². The molecule has 1 unspecified atom stereocenters. The third kappa shape index (κ3) is 4.20. The van der Waals surface area contributed by atoms with Gasteiger partial charge in [-0.15, -0.1) is 0 Å². The van der Waals surface area contributed by atoms with Crippen molar-refractivity contribution in [3.05, 3.63) is 82.0 Å². The number of anilines is 1. The molecule has 1 atom stereocenters. The van der Waals surface area contributed by atoms with Gasteiger partial charge < -0.3 is 13.9 Å². The Morgan fingerprint density at radius 3 is 2.59 bits per heavy atom. The number of imidazole rings is 1. The summed E-state index contributed by atoms with van der Waals surface area (Å²) in [6.07, 6.45) is 3.31. The summed E-state index contributed by atoms with van der Waals surface area (Å²) in [6, 6.07) is 9.00. The molecule has 0 bridgehead atoms. The van der Waals surface area contributed by atoms with E-state index >= 15 is 0 Å². The topological polar surface area (TPSA) is 68.9 Å². The third-order valence-corrected chi connectivity index (χ3v) is 6.23. The number of halogens is 2. The highest BCUT2D eigenvalue weighted by Crippen LogP contribution is 2.31. The maximum absolute atomic E-state index is 14.3. The fourth-order valence-electron chi connectivity index (χ4n) is 3.60. The fourth-order valence-corrected chi connectivity index (χ4v) is 4.14. The van der Waals surface area contributed by atoms with Crippen LogP contribution in [0.3, 0.4) is 0 Å². The van der Waals surface area contributed by atoms with Crippen LogP contribution in [0.5, 0.6) is 0 Å².